The predicted molar refractivity (Wildman–Crippen MR) is 73.4 cm³/mol. The van der Waals surface area contributed by atoms with Gasteiger partial charge in [0.25, 0.3) is 0 Å². The van der Waals surface area contributed by atoms with Crippen LogP contribution in [0.2, 0.25) is 0 Å². The molecule has 0 amide bonds. The first-order chi connectivity index (χ1) is 6.66. The Balaban J connectivity index is 0.00000112. The largest absolute Gasteiger partial charge is 0.324 e. The van der Waals surface area contributed by atoms with Crippen LogP contribution >= 0.6 is 24.8 Å². The molecule has 1 aliphatic rings. The monoisotopic (exact) mass is 262 g/mol. The molecule has 0 radical (unpaired) electrons. The molecule has 1 aromatic rings. The van der Waals surface area contributed by atoms with Gasteiger partial charge in [0.05, 0.1) is 0 Å². The van der Waals surface area contributed by atoms with Gasteiger partial charge in [0, 0.05) is 25.2 Å². The molecule has 1 saturated heterocycles. The van der Waals surface area contributed by atoms with Crippen molar-refractivity contribution in [3.63, 3.8) is 0 Å². The number of halogens is 2. The summed E-state index contributed by atoms with van der Waals surface area (Å²) < 4.78 is 0. The van der Waals surface area contributed by atoms with E-state index in [9.17, 15) is 0 Å². The second kappa shape index (κ2) is 6.45. The van der Waals surface area contributed by atoms with E-state index in [4.69, 9.17) is 5.73 Å². The molecule has 0 saturated carbocycles. The van der Waals surface area contributed by atoms with E-state index < -0.39 is 0 Å². The van der Waals surface area contributed by atoms with E-state index in [1.54, 1.807) is 0 Å². The number of likely N-dealkylation sites (tertiary alicyclic amines) is 1. The van der Waals surface area contributed by atoms with Gasteiger partial charge in [-0.05, 0) is 18.9 Å². The van der Waals surface area contributed by atoms with Crippen LogP contribution in [0.4, 0.5) is 0 Å². The molecule has 1 heterocycles. The van der Waals surface area contributed by atoms with E-state index in [0.717, 1.165) is 26.1 Å². The van der Waals surface area contributed by atoms with Gasteiger partial charge in [-0.3, -0.25) is 4.90 Å². The van der Waals surface area contributed by atoms with Crippen LogP contribution in [0.5, 0.6) is 0 Å². The highest BCUT2D eigenvalue weighted by molar-refractivity contribution is 5.85. The zero-order valence-corrected chi connectivity index (χ0v) is 11.2. The van der Waals surface area contributed by atoms with Crippen molar-refractivity contribution in [1.82, 2.24) is 4.90 Å². The van der Waals surface area contributed by atoms with E-state index in [0.29, 0.717) is 0 Å². The summed E-state index contributed by atoms with van der Waals surface area (Å²) in [6, 6.07) is 10.6. The Labute approximate surface area is 110 Å². The summed E-state index contributed by atoms with van der Waals surface area (Å²) in [7, 11) is 0. The third-order valence-corrected chi connectivity index (χ3v) is 2.83. The third-order valence-electron chi connectivity index (χ3n) is 2.83. The lowest BCUT2D eigenvalue weighted by atomic mass is 10.0. The summed E-state index contributed by atoms with van der Waals surface area (Å²) >= 11 is 0. The lowest BCUT2D eigenvalue weighted by Crippen LogP contribution is -2.38. The van der Waals surface area contributed by atoms with E-state index in [2.05, 4.69) is 42.2 Å². The van der Waals surface area contributed by atoms with Crippen LogP contribution in [0.1, 0.15) is 18.9 Å². The van der Waals surface area contributed by atoms with E-state index in [-0.39, 0.29) is 30.4 Å². The van der Waals surface area contributed by atoms with Gasteiger partial charge in [0.15, 0.2) is 0 Å². The topological polar surface area (TPSA) is 29.3 Å². The number of nitrogens with zero attached hydrogens (tertiary/aromatic N) is 1. The van der Waals surface area contributed by atoms with Crippen molar-refractivity contribution in [2.45, 2.75) is 25.4 Å². The molecule has 1 atom stereocenters. The standard InChI is InChI=1S/C12H18N2.2ClH/c1-12(13)7-8-14(10-12)9-11-5-3-2-4-6-11;;/h2-6H,7-10,13H2,1H3;2*1H. The van der Waals surface area contributed by atoms with Crippen molar-refractivity contribution >= 4 is 24.8 Å². The van der Waals surface area contributed by atoms with Crippen molar-refractivity contribution < 1.29 is 0 Å². The fraction of sp³-hybridized carbons (Fsp3) is 0.500. The molecule has 2 nitrogen and oxygen atoms in total. The average molecular weight is 263 g/mol. The second-order valence-corrected chi connectivity index (χ2v) is 4.60. The first-order valence-corrected chi connectivity index (χ1v) is 5.21. The molecule has 1 aromatic carbocycles. The second-order valence-electron chi connectivity index (χ2n) is 4.60. The maximum Gasteiger partial charge on any atom is 0.0267 e. The van der Waals surface area contributed by atoms with Crippen molar-refractivity contribution in [3.05, 3.63) is 35.9 Å². The van der Waals surface area contributed by atoms with E-state index in [1.165, 1.54) is 5.56 Å². The van der Waals surface area contributed by atoms with Crippen LogP contribution in [0.15, 0.2) is 30.3 Å². The van der Waals surface area contributed by atoms with Crippen LogP contribution in [0.25, 0.3) is 0 Å². The number of rotatable bonds is 2. The molecular weight excluding hydrogens is 243 g/mol. The minimum Gasteiger partial charge on any atom is -0.324 e. The van der Waals surface area contributed by atoms with Crippen LogP contribution in [0, 0.1) is 0 Å². The van der Waals surface area contributed by atoms with Crippen LogP contribution in [0.3, 0.4) is 0 Å². The molecule has 2 N–H and O–H groups in total. The van der Waals surface area contributed by atoms with E-state index >= 15 is 0 Å². The molecule has 16 heavy (non-hydrogen) atoms. The molecular formula is C12H20Cl2N2. The Bertz CT molecular complexity index is 301. The van der Waals surface area contributed by atoms with Gasteiger partial charge in [-0.1, -0.05) is 30.3 Å². The van der Waals surface area contributed by atoms with Gasteiger partial charge >= 0.3 is 0 Å². The van der Waals surface area contributed by atoms with Gasteiger partial charge < -0.3 is 5.73 Å². The van der Waals surface area contributed by atoms with Gasteiger partial charge in [0.2, 0.25) is 0 Å². The summed E-state index contributed by atoms with van der Waals surface area (Å²) in [6.07, 6.45) is 1.11. The maximum atomic E-state index is 6.08. The molecule has 1 aliphatic heterocycles. The van der Waals surface area contributed by atoms with Crippen LogP contribution in [-0.2, 0) is 6.54 Å². The first kappa shape index (κ1) is 15.7. The normalized spacial score (nSPS) is 24.6. The molecule has 0 bridgehead atoms. The van der Waals surface area contributed by atoms with Crippen molar-refractivity contribution in [2.24, 2.45) is 5.73 Å². The summed E-state index contributed by atoms with van der Waals surface area (Å²) in [5, 5.41) is 0. The maximum absolute atomic E-state index is 6.08. The van der Waals surface area contributed by atoms with Gasteiger partial charge in [-0.25, -0.2) is 0 Å². The van der Waals surface area contributed by atoms with Gasteiger partial charge in [-0.2, -0.15) is 0 Å². The lowest BCUT2D eigenvalue weighted by Gasteiger charge is -2.19. The van der Waals surface area contributed by atoms with Gasteiger partial charge in [0.1, 0.15) is 0 Å². The highest BCUT2D eigenvalue weighted by atomic mass is 35.5. The third kappa shape index (κ3) is 4.30. The zero-order chi connectivity index (χ0) is 10.0. The lowest BCUT2D eigenvalue weighted by molar-refractivity contribution is 0.310. The number of hydrogen-bond donors (Lipinski definition) is 1. The van der Waals surface area contributed by atoms with Gasteiger partial charge in [-0.15, -0.1) is 24.8 Å². The molecule has 2 rings (SSSR count). The Morgan fingerprint density at radius 2 is 1.88 bits per heavy atom. The number of benzene rings is 1. The number of nitrogens with two attached hydrogens (primary N) is 1. The highest BCUT2D eigenvalue weighted by Gasteiger charge is 2.29. The molecule has 1 fully saturated rings. The molecule has 0 spiro atoms. The first-order valence-electron chi connectivity index (χ1n) is 5.21. The zero-order valence-electron chi connectivity index (χ0n) is 9.56. The minimum absolute atomic E-state index is 0. The van der Waals surface area contributed by atoms with Crippen LogP contribution < -0.4 is 5.73 Å². The minimum atomic E-state index is 0. The summed E-state index contributed by atoms with van der Waals surface area (Å²) in [5.74, 6) is 0. The fourth-order valence-electron chi connectivity index (χ4n) is 2.06. The average Bonchev–Trinajstić information content (AvgIpc) is 2.47. The Kier molecular flexibility index (Phi) is 6.34. The highest BCUT2D eigenvalue weighted by Crippen LogP contribution is 2.19. The smallest absolute Gasteiger partial charge is 0.0267 e. The molecule has 0 aromatic heterocycles. The molecule has 0 aliphatic carbocycles. The van der Waals surface area contributed by atoms with E-state index in [1.807, 2.05) is 0 Å². The predicted octanol–water partition coefficient (Wildman–Crippen LogP) is 2.45. The Morgan fingerprint density at radius 1 is 1.25 bits per heavy atom. The van der Waals surface area contributed by atoms with Crippen LogP contribution in [-0.4, -0.2) is 23.5 Å². The molecule has 92 valence electrons. The Hall–Kier alpha value is -0.280. The summed E-state index contributed by atoms with van der Waals surface area (Å²) in [5.41, 5.74) is 7.48. The quantitative estimate of drug-likeness (QED) is 0.888. The van der Waals surface area contributed by atoms with Crippen molar-refractivity contribution in [2.75, 3.05) is 13.1 Å². The molecule has 4 heteroatoms. The fourth-order valence-corrected chi connectivity index (χ4v) is 2.06. The Morgan fingerprint density at radius 3 is 2.38 bits per heavy atom. The summed E-state index contributed by atoms with van der Waals surface area (Å²) in [6.45, 7) is 5.31. The van der Waals surface area contributed by atoms with Crippen molar-refractivity contribution in [3.8, 4) is 0 Å². The molecule has 1 unspecified atom stereocenters. The summed E-state index contributed by atoms with van der Waals surface area (Å²) in [4.78, 5) is 2.43. The van der Waals surface area contributed by atoms with Crippen molar-refractivity contribution in [1.29, 1.82) is 0 Å². The SMILES string of the molecule is CC1(N)CCN(Cc2ccccc2)C1.Cl.Cl. The number of hydrogen-bond acceptors (Lipinski definition) is 2.